The normalized spacial score (nSPS) is 11.7. The highest BCUT2D eigenvalue weighted by atomic mass is 79.9. The highest BCUT2D eigenvalue weighted by Gasteiger charge is 2.15. The van der Waals surface area contributed by atoms with Gasteiger partial charge >= 0.3 is 0 Å². The molecule has 96 valence electrons. The molecule has 2 aromatic carbocycles. The third-order valence-corrected chi connectivity index (χ3v) is 3.80. The third-order valence-electron chi connectivity index (χ3n) is 2.84. The lowest BCUT2D eigenvalue weighted by Crippen LogP contribution is -2.10. The number of nitrogens with one attached hydrogen (secondary N) is 1. The number of aryl methyl sites for hydroxylation is 1. The molecule has 1 N–H and O–H groups in total. The molecule has 0 spiro atoms. The minimum Gasteiger partial charge on any atom is -0.366 e. The zero-order chi connectivity index (χ0) is 13.8. The first-order chi connectivity index (χ1) is 9.11. The van der Waals surface area contributed by atoms with Crippen LogP contribution in [0.5, 0.6) is 0 Å². The molecule has 0 aliphatic heterocycles. The zero-order valence-electron chi connectivity index (χ0n) is 10.3. The predicted molar refractivity (Wildman–Crippen MR) is 82.3 cm³/mol. The van der Waals surface area contributed by atoms with E-state index in [1.54, 1.807) is 12.1 Å². The van der Waals surface area contributed by atoms with Crippen LogP contribution in [0, 0.1) is 18.3 Å². The highest BCUT2D eigenvalue weighted by Crippen LogP contribution is 2.29. The summed E-state index contributed by atoms with van der Waals surface area (Å²) in [6.07, 6.45) is 0. The fourth-order valence-corrected chi connectivity index (χ4v) is 2.46. The van der Waals surface area contributed by atoms with Crippen molar-refractivity contribution in [2.24, 2.45) is 0 Å². The Balaban J connectivity index is 2.34. The van der Waals surface area contributed by atoms with E-state index in [0.29, 0.717) is 5.02 Å². The molecule has 0 amide bonds. The molecule has 4 heteroatoms. The molecule has 2 nitrogen and oxygen atoms in total. The summed E-state index contributed by atoms with van der Waals surface area (Å²) in [6.45, 7) is 2.00. The average molecular weight is 336 g/mol. The Morgan fingerprint density at radius 2 is 2.00 bits per heavy atom. The van der Waals surface area contributed by atoms with Gasteiger partial charge in [0.2, 0.25) is 0 Å². The van der Waals surface area contributed by atoms with Gasteiger partial charge in [-0.2, -0.15) is 5.26 Å². The maximum Gasteiger partial charge on any atom is 0.141 e. The summed E-state index contributed by atoms with van der Waals surface area (Å²) in [5, 5.41) is 13.2. The molecule has 0 aliphatic carbocycles. The Labute approximate surface area is 126 Å². The van der Waals surface area contributed by atoms with Crippen LogP contribution < -0.4 is 5.32 Å². The van der Waals surface area contributed by atoms with Gasteiger partial charge in [0.15, 0.2) is 0 Å². The van der Waals surface area contributed by atoms with Gasteiger partial charge in [-0.1, -0.05) is 45.7 Å². The van der Waals surface area contributed by atoms with Crippen LogP contribution in [0.3, 0.4) is 0 Å². The lowest BCUT2D eigenvalue weighted by Gasteiger charge is -2.16. The van der Waals surface area contributed by atoms with Crippen molar-refractivity contribution >= 4 is 33.2 Å². The van der Waals surface area contributed by atoms with Crippen LogP contribution in [0.2, 0.25) is 5.02 Å². The van der Waals surface area contributed by atoms with E-state index in [0.717, 1.165) is 21.3 Å². The standard InChI is InChI=1S/C15H12BrClN2/c1-10-4-2-3-5-14(10)19-15(9-18)12-8-11(17)6-7-13(12)16/h2-8,15,19H,1H3. The monoisotopic (exact) mass is 334 g/mol. The molecule has 1 atom stereocenters. The van der Waals surface area contributed by atoms with Gasteiger partial charge in [0.05, 0.1) is 6.07 Å². The summed E-state index contributed by atoms with van der Waals surface area (Å²) < 4.78 is 0.865. The van der Waals surface area contributed by atoms with Crippen molar-refractivity contribution in [1.29, 1.82) is 5.26 Å². The SMILES string of the molecule is Cc1ccccc1NC(C#N)c1cc(Cl)ccc1Br. The molecule has 0 saturated heterocycles. The average Bonchev–Trinajstić information content (AvgIpc) is 2.41. The van der Waals surface area contributed by atoms with Crippen molar-refractivity contribution in [2.45, 2.75) is 13.0 Å². The largest absolute Gasteiger partial charge is 0.366 e. The molecule has 2 rings (SSSR count). The first-order valence-electron chi connectivity index (χ1n) is 5.78. The van der Waals surface area contributed by atoms with Crippen LogP contribution in [0.25, 0.3) is 0 Å². The minimum absolute atomic E-state index is 0.450. The fourth-order valence-electron chi connectivity index (χ4n) is 1.81. The van der Waals surface area contributed by atoms with E-state index in [-0.39, 0.29) is 0 Å². The van der Waals surface area contributed by atoms with E-state index >= 15 is 0 Å². The fraction of sp³-hybridized carbons (Fsp3) is 0.133. The van der Waals surface area contributed by atoms with Crippen LogP contribution >= 0.6 is 27.5 Å². The van der Waals surface area contributed by atoms with Gasteiger partial charge in [0.1, 0.15) is 6.04 Å². The number of nitrogens with zero attached hydrogens (tertiary/aromatic N) is 1. The van der Waals surface area contributed by atoms with Gasteiger partial charge in [-0.25, -0.2) is 0 Å². The Kier molecular flexibility index (Phi) is 4.47. The molecule has 0 heterocycles. The third kappa shape index (κ3) is 3.28. The highest BCUT2D eigenvalue weighted by molar-refractivity contribution is 9.10. The molecule has 0 radical (unpaired) electrons. The van der Waals surface area contributed by atoms with E-state index in [1.807, 2.05) is 37.3 Å². The Bertz CT molecular complexity index is 634. The topological polar surface area (TPSA) is 35.8 Å². The Morgan fingerprint density at radius 1 is 1.26 bits per heavy atom. The van der Waals surface area contributed by atoms with E-state index in [2.05, 4.69) is 27.3 Å². The van der Waals surface area contributed by atoms with Crippen molar-refractivity contribution in [2.75, 3.05) is 5.32 Å². The quantitative estimate of drug-likeness (QED) is 0.848. The van der Waals surface area contributed by atoms with E-state index in [4.69, 9.17) is 11.6 Å². The van der Waals surface area contributed by atoms with Gasteiger partial charge in [0.25, 0.3) is 0 Å². The molecule has 0 aromatic heterocycles. The predicted octanol–water partition coefficient (Wildman–Crippen LogP) is 5.09. The van der Waals surface area contributed by atoms with Gasteiger partial charge < -0.3 is 5.32 Å². The molecule has 0 aliphatic rings. The van der Waals surface area contributed by atoms with Crippen molar-refractivity contribution in [3.8, 4) is 6.07 Å². The van der Waals surface area contributed by atoms with Gasteiger partial charge in [0, 0.05) is 20.7 Å². The first-order valence-corrected chi connectivity index (χ1v) is 6.95. The maximum absolute atomic E-state index is 9.37. The van der Waals surface area contributed by atoms with Crippen molar-refractivity contribution < 1.29 is 0 Å². The lowest BCUT2D eigenvalue weighted by molar-refractivity contribution is 0.986. The van der Waals surface area contributed by atoms with Crippen LogP contribution in [-0.2, 0) is 0 Å². The molecule has 0 fully saturated rings. The molecule has 2 aromatic rings. The van der Waals surface area contributed by atoms with Crippen molar-refractivity contribution in [3.63, 3.8) is 0 Å². The second-order valence-electron chi connectivity index (χ2n) is 4.19. The lowest BCUT2D eigenvalue weighted by atomic mass is 10.1. The van der Waals surface area contributed by atoms with E-state index in [1.165, 1.54) is 0 Å². The number of halogens is 2. The summed E-state index contributed by atoms with van der Waals surface area (Å²) in [7, 11) is 0. The van der Waals surface area contributed by atoms with Crippen molar-refractivity contribution in [3.05, 3.63) is 63.1 Å². The first kappa shape index (κ1) is 13.9. The van der Waals surface area contributed by atoms with E-state index in [9.17, 15) is 5.26 Å². The van der Waals surface area contributed by atoms with E-state index < -0.39 is 6.04 Å². The number of benzene rings is 2. The Hall–Kier alpha value is -1.50. The molecule has 19 heavy (non-hydrogen) atoms. The number of hydrogen-bond acceptors (Lipinski definition) is 2. The summed E-state index contributed by atoms with van der Waals surface area (Å²) >= 11 is 9.45. The zero-order valence-corrected chi connectivity index (χ0v) is 12.7. The van der Waals surface area contributed by atoms with Crippen LogP contribution in [0.4, 0.5) is 5.69 Å². The number of para-hydroxylation sites is 1. The van der Waals surface area contributed by atoms with Gasteiger partial charge in [-0.3, -0.25) is 0 Å². The minimum atomic E-state index is -0.450. The maximum atomic E-state index is 9.37. The summed E-state index contributed by atoms with van der Waals surface area (Å²) in [4.78, 5) is 0. The number of hydrogen-bond donors (Lipinski definition) is 1. The number of nitriles is 1. The molecule has 0 saturated carbocycles. The summed E-state index contributed by atoms with van der Waals surface area (Å²) in [5.41, 5.74) is 2.88. The second kappa shape index (κ2) is 6.10. The van der Waals surface area contributed by atoms with Crippen LogP contribution in [0.15, 0.2) is 46.9 Å². The Morgan fingerprint density at radius 3 is 2.68 bits per heavy atom. The second-order valence-corrected chi connectivity index (χ2v) is 5.48. The van der Waals surface area contributed by atoms with Crippen molar-refractivity contribution in [1.82, 2.24) is 0 Å². The van der Waals surface area contributed by atoms with Crippen LogP contribution in [-0.4, -0.2) is 0 Å². The number of rotatable bonds is 3. The molecular formula is C15H12BrClN2. The summed E-state index contributed by atoms with van der Waals surface area (Å²) in [6, 6.07) is 15.1. The molecule has 1 unspecified atom stereocenters. The smallest absolute Gasteiger partial charge is 0.141 e. The summed E-state index contributed by atoms with van der Waals surface area (Å²) in [5.74, 6) is 0. The van der Waals surface area contributed by atoms with Gasteiger partial charge in [-0.15, -0.1) is 0 Å². The van der Waals surface area contributed by atoms with Crippen LogP contribution in [0.1, 0.15) is 17.2 Å². The molecule has 0 bridgehead atoms. The number of anilines is 1. The molecular weight excluding hydrogens is 324 g/mol. The van der Waals surface area contributed by atoms with Gasteiger partial charge in [-0.05, 0) is 36.8 Å².